The van der Waals surface area contributed by atoms with Crippen LogP contribution in [0, 0.1) is 9.39 Å². The molecule has 0 atom stereocenters. The molecular formula is C10H11FINO. The molecule has 1 aromatic rings. The summed E-state index contributed by atoms with van der Waals surface area (Å²) >= 11 is 2.19. The molecule has 14 heavy (non-hydrogen) atoms. The molecule has 1 aromatic carbocycles. The van der Waals surface area contributed by atoms with E-state index in [9.17, 15) is 4.39 Å². The Hall–Kier alpha value is -0.360. The van der Waals surface area contributed by atoms with Crippen molar-refractivity contribution in [1.29, 1.82) is 0 Å². The Bertz CT molecular complexity index is 326. The predicted octanol–water partition coefficient (Wildman–Crippen LogP) is 2.27. The molecule has 0 aliphatic carbocycles. The van der Waals surface area contributed by atoms with Crippen LogP contribution in [0.3, 0.4) is 0 Å². The zero-order valence-corrected chi connectivity index (χ0v) is 9.83. The second kappa shape index (κ2) is 4.44. The van der Waals surface area contributed by atoms with Crippen LogP contribution in [0.1, 0.15) is 0 Å². The molecule has 0 radical (unpaired) electrons. The van der Waals surface area contributed by atoms with Crippen molar-refractivity contribution in [1.82, 2.24) is 0 Å². The number of ether oxygens (including phenoxy) is 1. The van der Waals surface area contributed by atoms with Crippen LogP contribution in [-0.2, 0) is 4.74 Å². The average molecular weight is 307 g/mol. The summed E-state index contributed by atoms with van der Waals surface area (Å²) in [5.41, 5.74) is 0.695. The maximum Gasteiger partial charge on any atom is 0.146 e. The summed E-state index contributed by atoms with van der Waals surface area (Å²) in [6.45, 7) is 2.92. The number of hydrogen-bond donors (Lipinski definition) is 0. The van der Waals surface area contributed by atoms with Gasteiger partial charge < -0.3 is 9.64 Å². The van der Waals surface area contributed by atoms with Crippen molar-refractivity contribution in [2.24, 2.45) is 0 Å². The first kappa shape index (κ1) is 10.2. The van der Waals surface area contributed by atoms with Crippen molar-refractivity contribution in [2.45, 2.75) is 0 Å². The molecule has 1 aliphatic rings. The molecule has 1 aliphatic heterocycles. The van der Waals surface area contributed by atoms with E-state index in [1.165, 1.54) is 6.07 Å². The zero-order chi connectivity index (χ0) is 9.97. The summed E-state index contributed by atoms with van der Waals surface area (Å²) in [6.07, 6.45) is 0. The Morgan fingerprint density at radius 1 is 1.29 bits per heavy atom. The highest BCUT2D eigenvalue weighted by atomic mass is 127. The van der Waals surface area contributed by atoms with Gasteiger partial charge >= 0.3 is 0 Å². The first-order chi connectivity index (χ1) is 6.77. The van der Waals surface area contributed by atoms with Crippen LogP contribution in [0.4, 0.5) is 10.1 Å². The Morgan fingerprint density at radius 3 is 2.71 bits per heavy atom. The predicted molar refractivity (Wildman–Crippen MR) is 62.1 cm³/mol. The van der Waals surface area contributed by atoms with Gasteiger partial charge in [0.25, 0.3) is 0 Å². The highest BCUT2D eigenvalue weighted by Gasteiger charge is 2.14. The van der Waals surface area contributed by atoms with Gasteiger partial charge in [0.05, 0.1) is 18.9 Å². The van der Waals surface area contributed by atoms with E-state index in [4.69, 9.17) is 4.74 Å². The molecule has 2 nitrogen and oxygen atoms in total. The second-order valence-corrected chi connectivity index (χ2v) is 4.44. The smallest absolute Gasteiger partial charge is 0.146 e. The molecule has 0 aromatic heterocycles. The molecule has 1 fully saturated rings. The van der Waals surface area contributed by atoms with Gasteiger partial charge in [-0.05, 0) is 40.8 Å². The summed E-state index contributed by atoms with van der Waals surface area (Å²) in [4.78, 5) is 2.03. The fraction of sp³-hybridized carbons (Fsp3) is 0.400. The van der Waals surface area contributed by atoms with Gasteiger partial charge in [0.15, 0.2) is 0 Å². The molecular weight excluding hydrogens is 296 g/mol. The molecule has 2 rings (SSSR count). The summed E-state index contributed by atoms with van der Waals surface area (Å²) < 4.78 is 19.8. The molecule has 4 heteroatoms. The minimum absolute atomic E-state index is 0.146. The lowest BCUT2D eigenvalue weighted by Gasteiger charge is -2.29. The third-order valence-electron chi connectivity index (χ3n) is 2.26. The minimum atomic E-state index is -0.146. The van der Waals surface area contributed by atoms with Crippen molar-refractivity contribution >= 4 is 28.3 Å². The normalized spacial score (nSPS) is 17.1. The van der Waals surface area contributed by atoms with Gasteiger partial charge in [-0.1, -0.05) is 0 Å². The number of morpholine rings is 1. The fourth-order valence-electron chi connectivity index (χ4n) is 1.53. The lowest BCUT2D eigenvalue weighted by Crippen LogP contribution is -2.36. The third-order valence-corrected chi connectivity index (χ3v) is 2.93. The lowest BCUT2D eigenvalue weighted by atomic mass is 10.2. The molecule has 1 saturated heterocycles. The lowest BCUT2D eigenvalue weighted by molar-refractivity contribution is 0.122. The van der Waals surface area contributed by atoms with Crippen LogP contribution < -0.4 is 4.90 Å². The maximum absolute atomic E-state index is 13.5. The van der Waals surface area contributed by atoms with Crippen molar-refractivity contribution < 1.29 is 9.13 Å². The van der Waals surface area contributed by atoms with Crippen molar-refractivity contribution in [3.63, 3.8) is 0 Å². The van der Waals surface area contributed by atoms with E-state index in [0.29, 0.717) is 18.9 Å². The van der Waals surface area contributed by atoms with E-state index >= 15 is 0 Å². The minimum Gasteiger partial charge on any atom is -0.378 e. The molecule has 1 heterocycles. The third kappa shape index (κ3) is 2.17. The molecule has 76 valence electrons. The van der Waals surface area contributed by atoms with Gasteiger partial charge in [-0.15, -0.1) is 0 Å². The summed E-state index contributed by atoms with van der Waals surface area (Å²) in [5, 5.41) is 0. The quantitative estimate of drug-likeness (QED) is 0.738. The average Bonchev–Trinajstić information content (AvgIpc) is 2.23. The number of halogens is 2. The van der Waals surface area contributed by atoms with E-state index in [1.807, 2.05) is 11.0 Å². The van der Waals surface area contributed by atoms with Crippen molar-refractivity contribution in [3.05, 3.63) is 27.6 Å². The first-order valence-corrected chi connectivity index (χ1v) is 5.63. The van der Waals surface area contributed by atoms with Crippen molar-refractivity contribution in [2.75, 3.05) is 31.2 Å². The second-order valence-electron chi connectivity index (χ2n) is 3.20. The van der Waals surface area contributed by atoms with E-state index in [-0.39, 0.29) is 5.82 Å². The van der Waals surface area contributed by atoms with E-state index < -0.39 is 0 Å². The maximum atomic E-state index is 13.5. The molecule has 0 amide bonds. The number of nitrogens with zero attached hydrogens (tertiary/aromatic N) is 1. The highest BCUT2D eigenvalue weighted by Crippen LogP contribution is 2.22. The molecule has 0 saturated carbocycles. The van der Waals surface area contributed by atoms with Gasteiger partial charge in [0.2, 0.25) is 0 Å². The van der Waals surface area contributed by atoms with Crippen LogP contribution >= 0.6 is 22.6 Å². The Kier molecular flexibility index (Phi) is 3.22. The van der Waals surface area contributed by atoms with Gasteiger partial charge in [-0.3, -0.25) is 0 Å². The molecule has 0 bridgehead atoms. The molecule has 0 spiro atoms. The van der Waals surface area contributed by atoms with Crippen LogP contribution in [0.15, 0.2) is 18.2 Å². The molecule has 0 unspecified atom stereocenters. The van der Waals surface area contributed by atoms with Crippen LogP contribution in [0.5, 0.6) is 0 Å². The van der Waals surface area contributed by atoms with Gasteiger partial charge in [-0.25, -0.2) is 4.39 Å². The number of anilines is 1. The number of benzene rings is 1. The summed E-state index contributed by atoms with van der Waals surface area (Å²) in [7, 11) is 0. The monoisotopic (exact) mass is 307 g/mol. The van der Waals surface area contributed by atoms with Crippen LogP contribution in [0.25, 0.3) is 0 Å². The highest BCUT2D eigenvalue weighted by molar-refractivity contribution is 14.1. The van der Waals surface area contributed by atoms with Crippen LogP contribution in [0.2, 0.25) is 0 Å². The van der Waals surface area contributed by atoms with Crippen LogP contribution in [-0.4, -0.2) is 26.3 Å². The van der Waals surface area contributed by atoms with Crippen molar-refractivity contribution in [3.8, 4) is 0 Å². The van der Waals surface area contributed by atoms with E-state index in [0.717, 1.165) is 16.7 Å². The topological polar surface area (TPSA) is 12.5 Å². The fourth-order valence-corrected chi connectivity index (χ4v) is 2.01. The standard InChI is InChI=1S/C10H11FINO/c11-9-2-1-8(12)7-10(9)13-3-5-14-6-4-13/h1-2,7H,3-6H2. The Balaban J connectivity index is 2.24. The van der Waals surface area contributed by atoms with E-state index in [2.05, 4.69) is 22.6 Å². The SMILES string of the molecule is Fc1ccc(I)cc1N1CCOCC1. The number of hydrogen-bond acceptors (Lipinski definition) is 2. The van der Waals surface area contributed by atoms with E-state index in [1.54, 1.807) is 6.07 Å². The van der Waals surface area contributed by atoms with Gasteiger partial charge in [0, 0.05) is 16.7 Å². The first-order valence-electron chi connectivity index (χ1n) is 4.55. The summed E-state index contributed by atoms with van der Waals surface area (Å²) in [5.74, 6) is -0.146. The zero-order valence-electron chi connectivity index (χ0n) is 7.67. The van der Waals surface area contributed by atoms with Gasteiger partial charge in [-0.2, -0.15) is 0 Å². The summed E-state index contributed by atoms with van der Waals surface area (Å²) in [6, 6.07) is 5.17. The largest absolute Gasteiger partial charge is 0.378 e. The Labute approximate surface area is 96.2 Å². The number of rotatable bonds is 1. The Morgan fingerprint density at radius 2 is 2.00 bits per heavy atom. The molecule has 0 N–H and O–H groups in total. The van der Waals surface area contributed by atoms with Gasteiger partial charge in [0.1, 0.15) is 5.82 Å².